The standard InChI is InChI=1S/C18H26FN3O3/c1-13(23)21-8-10-22(11-9-21)15-7-5-6-14(16(15)19)12-20-17(24)25-18(2,3)4/h5-7H,8-12H2,1-4H3,(H,20,24). The van der Waals surface area contributed by atoms with Crippen molar-refractivity contribution in [2.45, 2.75) is 39.8 Å². The number of hydrogen-bond acceptors (Lipinski definition) is 4. The summed E-state index contributed by atoms with van der Waals surface area (Å²) in [5.41, 5.74) is 0.296. The molecule has 0 radical (unpaired) electrons. The van der Waals surface area contributed by atoms with Gasteiger partial charge >= 0.3 is 6.09 Å². The molecular formula is C18H26FN3O3. The number of nitrogens with one attached hydrogen (secondary N) is 1. The van der Waals surface area contributed by atoms with Crippen LogP contribution in [0.1, 0.15) is 33.3 Å². The Hall–Kier alpha value is -2.31. The lowest BCUT2D eigenvalue weighted by atomic mass is 10.1. The molecule has 0 atom stereocenters. The van der Waals surface area contributed by atoms with E-state index >= 15 is 0 Å². The van der Waals surface area contributed by atoms with Crippen LogP contribution in [0.4, 0.5) is 14.9 Å². The predicted octanol–water partition coefficient (Wildman–Crippen LogP) is 2.52. The summed E-state index contributed by atoms with van der Waals surface area (Å²) in [4.78, 5) is 26.8. The summed E-state index contributed by atoms with van der Waals surface area (Å²) >= 11 is 0. The monoisotopic (exact) mass is 351 g/mol. The Morgan fingerprint density at radius 3 is 2.40 bits per heavy atom. The van der Waals surface area contributed by atoms with E-state index in [1.807, 2.05) is 4.90 Å². The number of hydrogen-bond donors (Lipinski definition) is 1. The minimum absolute atomic E-state index is 0.0374. The van der Waals surface area contributed by atoms with Gasteiger partial charge in [-0.15, -0.1) is 0 Å². The highest BCUT2D eigenvalue weighted by atomic mass is 19.1. The lowest BCUT2D eigenvalue weighted by Crippen LogP contribution is -2.48. The number of rotatable bonds is 3. The lowest BCUT2D eigenvalue weighted by Gasteiger charge is -2.36. The van der Waals surface area contributed by atoms with E-state index in [9.17, 15) is 14.0 Å². The number of anilines is 1. The Kier molecular flexibility index (Phi) is 5.87. The van der Waals surface area contributed by atoms with E-state index in [0.29, 0.717) is 37.4 Å². The van der Waals surface area contributed by atoms with Gasteiger partial charge in [0, 0.05) is 45.2 Å². The molecule has 138 valence electrons. The zero-order valence-electron chi connectivity index (χ0n) is 15.3. The molecule has 1 N–H and O–H groups in total. The van der Waals surface area contributed by atoms with Crippen LogP contribution in [0.25, 0.3) is 0 Å². The van der Waals surface area contributed by atoms with Gasteiger partial charge in [0.2, 0.25) is 5.91 Å². The van der Waals surface area contributed by atoms with E-state index in [4.69, 9.17) is 4.74 Å². The fourth-order valence-corrected chi connectivity index (χ4v) is 2.69. The van der Waals surface area contributed by atoms with Gasteiger partial charge in [0.25, 0.3) is 0 Å². The number of ether oxygens (including phenoxy) is 1. The van der Waals surface area contributed by atoms with Gasteiger partial charge in [0.15, 0.2) is 5.82 Å². The minimum atomic E-state index is -0.596. The van der Waals surface area contributed by atoms with Crippen LogP contribution in [0.3, 0.4) is 0 Å². The number of carbonyl (C=O) groups excluding carboxylic acids is 2. The number of piperazine rings is 1. The van der Waals surface area contributed by atoms with Gasteiger partial charge in [-0.1, -0.05) is 12.1 Å². The molecule has 6 nitrogen and oxygen atoms in total. The third-order valence-corrected chi connectivity index (χ3v) is 3.95. The van der Waals surface area contributed by atoms with E-state index in [-0.39, 0.29) is 18.3 Å². The van der Waals surface area contributed by atoms with Crippen molar-refractivity contribution in [1.29, 1.82) is 0 Å². The average Bonchev–Trinajstić information content (AvgIpc) is 2.52. The van der Waals surface area contributed by atoms with Gasteiger partial charge in [0.1, 0.15) is 5.60 Å². The lowest BCUT2D eigenvalue weighted by molar-refractivity contribution is -0.129. The molecule has 1 aliphatic heterocycles. The molecule has 0 unspecified atom stereocenters. The number of benzene rings is 1. The molecule has 25 heavy (non-hydrogen) atoms. The third kappa shape index (κ3) is 5.34. The molecule has 1 aromatic rings. The third-order valence-electron chi connectivity index (χ3n) is 3.95. The highest BCUT2D eigenvalue weighted by molar-refractivity contribution is 5.73. The first-order valence-corrected chi connectivity index (χ1v) is 8.42. The number of carbonyl (C=O) groups is 2. The van der Waals surface area contributed by atoms with Crippen LogP contribution < -0.4 is 10.2 Å². The van der Waals surface area contributed by atoms with Crippen LogP contribution in [-0.2, 0) is 16.1 Å². The smallest absolute Gasteiger partial charge is 0.407 e. The molecule has 0 aromatic heterocycles. The first-order valence-electron chi connectivity index (χ1n) is 8.42. The molecule has 0 bridgehead atoms. The van der Waals surface area contributed by atoms with Crippen molar-refractivity contribution < 1.29 is 18.7 Å². The molecule has 0 saturated carbocycles. The Balaban J connectivity index is 2.00. The Morgan fingerprint density at radius 1 is 1.20 bits per heavy atom. The second kappa shape index (κ2) is 7.72. The Labute approximate surface area is 147 Å². The zero-order valence-corrected chi connectivity index (χ0v) is 15.3. The van der Waals surface area contributed by atoms with E-state index < -0.39 is 11.7 Å². The first kappa shape index (κ1) is 19.0. The second-order valence-corrected chi connectivity index (χ2v) is 7.10. The average molecular weight is 351 g/mol. The number of alkyl carbamates (subject to hydrolysis) is 1. The SMILES string of the molecule is CC(=O)N1CCN(c2cccc(CNC(=O)OC(C)(C)C)c2F)CC1. The van der Waals surface area contributed by atoms with E-state index in [2.05, 4.69) is 5.32 Å². The fraction of sp³-hybridized carbons (Fsp3) is 0.556. The summed E-state index contributed by atoms with van der Waals surface area (Å²) < 4.78 is 19.9. The van der Waals surface area contributed by atoms with Gasteiger partial charge in [-0.05, 0) is 26.8 Å². The summed E-state index contributed by atoms with van der Waals surface area (Å²) in [6.07, 6.45) is -0.577. The Bertz CT molecular complexity index is 635. The summed E-state index contributed by atoms with van der Waals surface area (Å²) in [6, 6.07) is 5.12. The van der Waals surface area contributed by atoms with Crippen molar-refractivity contribution in [2.75, 3.05) is 31.1 Å². The first-order chi connectivity index (χ1) is 11.7. The summed E-state index contributed by atoms with van der Waals surface area (Å²) in [5.74, 6) is -0.315. The van der Waals surface area contributed by atoms with Crippen molar-refractivity contribution in [2.24, 2.45) is 0 Å². The molecule has 2 rings (SSSR count). The Morgan fingerprint density at radius 2 is 1.84 bits per heavy atom. The fourth-order valence-electron chi connectivity index (χ4n) is 2.69. The number of nitrogens with zero attached hydrogens (tertiary/aromatic N) is 2. The molecule has 0 spiro atoms. The van der Waals surface area contributed by atoms with Crippen LogP contribution in [-0.4, -0.2) is 48.7 Å². The second-order valence-electron chi connectivity index (χ2n) is 7.10. The number of halogens is 1. The maximum atomic E-state index is 14.8. The molecule has 0 aliphatic carbocycles. The largest absolute Gasteiger partial charge is 0.444 e. The van der Waals surface area contributed by atoms with Crippen LogP contribution in [0.5, 0.6) is 0 Å². The van der Waals surface area contributed by atoms with Crippen molar-refractivity contribution in [1.82, 2.24) is 10.2 Å². The molecule has 1 aliphatic rings. The highest BCUT2D eigenvalue weighted by Gasteiger charge is 2.22. The topological polar surface area (TPSA) is 61.9 Å². The molecule has 7 heteroatoms. The molecule has 1 aromatic carbocycles. The van der Waals surface area contributed by atoms with Crippen LogP contribution in [0.2, 0.25) is 0 Å². The maximum Gasteiger partial charge on any atom is 0.407 e. The van der Waals surface area contributed by atoms with Crippen LogP contribution in [0.15, 0.2) is 18.2 Å². The normalized spacial score (nSPS) is 15.1. The van der Waals surface area contributed by atoms with Gasteiger partial charge in [-0.3, -0.25) is 4.79 Å². The molecule has 2 amide bonds. The molecule has 1 fully saturated rings. The van der Waals surface area contributed by atoms with Gasteiger partial charge in [-0.25, -0.2) is 9.18 Å². The van der Waals surface area contributed by atoms with Crippen molar-refractivity contribution in [3.05, 3.63) is 29.6 Å². The van der Waals surface area contributed by atoms with Gasteiger partial charge in [-0.2, -0.15) is 0 Å². The van der Waals surface area contributed by atoms with E-state index in [1.54, 1.807) is 50.8 Å². The van der Waals surface area contributed by atoms with Crippen molar-refractivity contribution in [3.8, 4) is 0 Å². The maximum absolute atomic E-state index is 14.8. The quantitative estimate of drug-likeness (QED) is 0.909. The molecule has 1 heterocycles. The minimum Gasteiger partial charge on any atom is -0.444 e. The van der Waals surface area contributed by atoms with E-state index in [1.165, 1.54) is 0 Å². The van der Waals surface area contributed by atoms with Crippen LogP contribution in [0, 0.1) is 5.82 Å². The van der Waals surface area contributed by atoms with Crippen molar-refractivity contribution >= 4 is 17.7 Å². The zero-order chi connectivity index (χ0) is 18.6. The summed E-state index contributed by atoms with van der Waals surface area (Å²) in [5, 5.41) is 2.58. The highest BCUT2D eigenvalue weighted by Crippen LogP contribution is 2.23. The molecular weight excluding hydrogens is 325 g/mol. The summed E-state index contributed by atoms with van der Waals surface area (Å²) in [7, 11) is 0. The predicted molar refractivity (Wildman–Crippen MR) is 93.9 cm³/mol. The van der Waals surface area contributed by atoms with Gasteiger partial charge in [0.05, 0.1) is 5.69 Å². The van der Waals surface area contributed by atoms with Crippen LogP contribution >= 0.6 is 0 Å². The van der Waals surface area contributed by atoms with Crippen molar-refractivity contribution in [3.63, 3.8) is 0 Å². The van der Waals surface area contributed by atoms with E-state index in [0.717, 1.165) is 0 Å². The number of amides is 2. The molecule has 1 saturated heterocycles. The van der Waals surface area contributed by atoms with Gasteiger partial charge < -0.3 is 19.9 Å². The summed E-state index contributed by atoms with van der Waals surface area (Å²) in [6.45, 7) is 9.24.